The summed E-state index contributed by atoms with van der Waals surface area (Å²) < 4.78 is 11.3. The van der Waals surface area contributed by atoms with Crippen LogP contribution in [-0.2, 0) is 4.79 Å². The number of amides is 1. The van der Waals surface area contributed by atoms with E-state index >= 15 is 0 Å². The minimum atomic E-state index is -0.460. The molecule has 2 N–H and O–H groups in total. The largest absolute Gasteiger partial charge is 0.490 e. The molecule has 0 saturated carbocycles. The normalized spacial score (nSPS) is 10.6. The lowest BCUT2D eigenvalue weighted by Gasteiger charge is -2.13. The van der Waals surface area contributed by atoms with Crippen LogP contribution < -0.4 is 20.2 Å². The quantitative estimate of drug-likeness (QED) is 0.262. The molecule has 0 aliphatic carbocycles. The number of rotatable bonds is 10. The number of nitro benzene ring substituents is 1. The van der Waals surface area contributed by atoms with Crippen molar-refractivity contribution in [1.29, 1.82) is 0 Å². The number of benzene rings is 3. The fourth-order valence-electron chi connectivity index (χ4n) is 2.87. The molecule has 3 rings (SSSR count). The van der Waals surface area contributed by atoms with Crippen molar-refractivity contribution in [3.8, 4) is 11.5 Å². The zero-order chi connectivity index (χ0) is 23.6. The van der Waals surface area contributed by atoms with Gasteiger partial charge in [-0.15, -0.1) is 0 Å². The molecule has 0 saturated heterocycles. The smallest absolute Gasteiger partial charge is 0.269 e. The van der Waals surface area contributed by atoms with E-state index in [0.29, 0.717) is 23.8 Å². The number of non-ortho nitro benzene ring substituents is 1. The van der Waals surface area contributed by atoms with Crippen LogP contribution in [0, 0.1) is 17.0 Å². The summed E-state index contributed by atoms with van der Waals surface area (Å²) in [5.74, 6) is 0.655. The zero-order valence-electron chi connectivity index (χ0n) is 18.3. The third-order valence-corrected chi connectivity index (χ3v) is 4.53. The van der Waals surface area contributed by atoms with E-state index in [1.165, 1.54) is 12.1 Å². The van der Waals surface area contributed by atoms with E-state index in [0.717, 1.165) is 16.8 Å². The molecule has 0 heterocycles. The van der Waals surface area contributed by atoms with Crippen LogP contribution in [0.1, 0.15) is 18.1 Å². The van der Waals surface area contributed by atoms with Crippen molar-refractivity contribution >= 4 is 29.2 Å². The van der Waals surface area contributed by atoms with Crippen LogP contribution >= 0.6 is 0 Å². The second kappa shape index (κ2) is 11.3. The van der Waals surface area contributed by atoms with Gasteiger partial charge < -0.3 is 14.8 Å². The van der Waals surface area contributed by atoms with Gasteiger partial charge in [-0.05, 0) is 61.4 Å². The van der Waals surface area contributed by atoms with Crippen LogP contribution in [0.15, 0.2) is 71.8 Å². The van der Waals surface area contributed by atoms with Gasteiger partial charge in [-0.2, -0.15) is 5.10 Å². The van der Waals surface area contributed by atoms with Gasteiger partial charge in [-0.3, -0.25) is 20.3 Å². The molecule has 0 spiro atoms. The predicted molar refractivity (Wildman–Crippen MR) is 127 cm³/mol. The summed E-state index contributed by atoms with van der Waals surface area (Å²) in [6, 6.07) is 18.7. The molecule has 170 valence electrons. The van der Waals surface area contributed by atoms with E-state index in [-0.39, 0.29) is 18.2 Å². The molecule has 0 atom stereocenters. The van der Waals surface area contributed by atoms with Crippen molar-refractivity contribution in [3.63, 3.8) is 0 Å². The Bertz CT molecular complexity index is 1150. The molecule has 0 unspecified atom stereocenters. The highest BCUT2D eigenvalue weighted by Gasteiger charge is 2.10. The molecule has 1 amide bonds. The topological polar surface area (TPSA) is 115 Å². The first-order valence-corrected chi connectivity index (χ1v) is 10.2. The number of hydrogen-bond acceptors (Lipinski definition) is 7. The summed E-state index contributed by atoms with van der Waals surface area (Å²) >= 11 is 0. The lowest BCUT2D eigenvalue weighted by atomic mass is 10.2. The predicted octanol–water partition coefficient (Wildman–Crippen LogP) is 4.77. The maximum atomic E-state index is 12.3. The average molecular weight is 448 g/mol. The van der Waals surface area contributed by atoms with Crippen molar-refractivity contribution in [1.82, 2.24) is 0 Å². The van der Waals surface area contributed by atoms with E-state index < -0.39 is 4.92 Å². The minimum Gasteiger partial charge on any atom is -0.490 e. The fourth-order valence-corrected chi connectivity index (χ4v) is 2.87. The first-order valence-electron chi connectivity index (χ1n) is 10.2. The standard InChI is InChI=1S/C24H24N4O5/c1-3-32-23-14-18(15-25-27-19-9-11-20(12-10-19)28(30)31)8-13-22(23)33-16-24(29)26-21-7-5-4-6-17(21)2/h4-15,27H,3,16H2,1-2H3,(H,26,29)/b25-15+. The molecule has 9 heteroatoms. The van der Waals surface area contributed by atoms with Crippen molar-refractivity contribution < 1.29 is 19.2 Å². The first-order chi connectivity index (χ1) is 16.0. The number of anilines is 2. The van der Waals surface area contributed by atoms with Crippen LogP contribution in [-0.4, -0.2) is 30.3 Å². The fraction of sp³-hybridized carbons (Fsp3) is 0.167. The van der Waals surface area contributed by atoms with E-state index in [1.807, 2.05) is 38.1 Å². The van der Waals surface area contributed by atoms with E-state index in [4.69, 9.17) is 9.47 Å². The summed E-state index contributed by atoms with van der Waals surface area (Å²) in [7, 11) is 0. The number of aryl methyl sites for hydroxylation is 1. The Morgan fingerprint density at radius 2 is 1.82 bits per heavy atom. The zero-order valence-corrected chi connectivity index (χ0v) is 18.3. The molecule has 0 fully saturated rings. The van der Waals surface area contributed by atoms with Gasteiger partial charge in [0.1, 0.15) is 0 Å². The van der Waals surface area contributed by atoms with Gasteiger partial charge in [0.2, 0.25) is 0 Å². The summed E-state index contributed by atoms with van der Waals surface area (Å²) in [6.07, 6.45) is 1.58. The van der Waals surface area contributed by atoms with Gasteiger partial charge in [0.15, 0.2) is 18.1 Å². The van der Waals surface area contributed by atoms with Gasteiger partial charge in [0.25, 0.3) is 11.6 Å². The van der Waals surface area contributed by atoms with Crippen LogP contribution in [0.25, 0.3) is 0 Å². The highest BCUT2D eigenvalue weighted by Crippen LogP contribution is 2.28. The van der Waals surface area contributed by atoms with Gasteiger partial charge in [-0.1, -0.05) is 18.2 Å². The molecule has 9 nitrogen and oxygen atoms in total. The monoisotopic (exact) mass is 448 g/mol. The van der Waals surface area contributed by atoms with Gasteiger partial charge in [0, 0.05) is 17.8 Å². The van der Waals surface area contributed by atoms with E-state index in [2.05, 4.69) is 15.8 Å². The molecule has 3 aromatic rings. The van der Waals surface area contributed by atoms with Crippen molar-refractivity contribution in [2.75, 3.05) is 24.0 Å². The molecule has 0 aliphatic heterocycles. The molecule has 0 aliphatic rings. The molecular weight excluding hydrogens is 424 g/mol. The Kier molecular flexibility index (Phi) is 7.96. The van der Waals surface area contributed by atoms with Crippen LogP contribution in [0.3, 0.4) is 0 Å². The molecule has 0 radical (unpaired) electrons. The van der Waals surface area contributed by atoms with Crippen molar-refractivity contribution in [2.24, 2.45) is 5.10 Å². The third-order valence-electron chi connectivity index (χ3n) is 4.53. The number of nitrogens with one attached hydrogen (secondary N) is 2. The van der Waals surface area contributed by atoms with Crippen molar-refractivity contribution in [3.05, 3.63) is 88.0 Å². The number of carbonyl (C=O) groups excluding carboxylic acids is 1. The minimum absolute atomic E-state index is 0.00839. The van der Waals surface area contributed by atoms with Gasteiger partial charge in [0.05, 0.1) is 23.4 Å². The second-order valence-corrected chi connectivity index (χ2v) is 6.96. The molecule has 33 heavy (non-hydrogen) atoms. The number of nitrogens with zero attached hydrogens (tertiary/aromatic N) is 2. The Balaban J connectivity index is 1.61. The Morgan fingerprint density at radius 3 is 2.52 bits per heavy atom. The van der Waals surface area contributed by atoms with E-state index in [9.17, 15) is 14.9 Å². The molecule has 0 bridgehead atoms. The number of hydrogen-bond donors (Lipinski definition) is 2. The number of hydrazone groups is 1. The van der Waals surface area contributed by atoms with Crippen LogP contribution in [0.4, 0.5) is 17.1 Å². The summed E-state index contributed by atoms with van der Waals surface area (Å²) in [5, 5.41) is 17.7. The highest BCUT2D eigenvalue weighted by molar-refractivity contribution is 5.92. The maximum Gasteiger partial charge on any atom is 0.269 e. The summed E-state index contributed by atoms with van der Waals surface area (Å²) in [5.41, 5.74) is 5.88. The SMILES string of the molecule is CCOc1cc(/C=N/Nc2ccc([N+](=O)[O-])cc2)ccc1OCC(=O)Nc1ccccc1C. The van der Waals surface area contributed by atoms with Crippen LogP contribution in [0.2, 0.25) is 0 Å². The lowest BCUT2D eigenvalue weighted by Crippen LogP contribution is -2.20. The Labute approximate surface area is 191 Å². The number of ether oxygens (including phenoxy) is 2. The third kappa shape index (κ3) is 6.79. The van der Waals surface area contributed by atoms with Gasteiger partial charge >= 0.3 is 0 Å². The molecule has 0 aromatic heterocycles. The molecular formula is C24H24N4O5. The second-order valence-electron chi connectivity index (χ2n) is 6.96. The highest BCUT2D eigenvalue weighted by atomic mass is 16.6. The number of para-hydroxylation sites is 1. The summed E-state index contributed by atoms with van der Waals surface area (Å²) in [4.78, 5) is 22.5. The van der Waals surface area contributed by atoms with E-state index in [1.54, 1.807) is 36.5 Å². The number of carbonyl (C=O) groups is 1. The molecule has 3 aromatic carbocycles. The average Bonchev–Trinajstić information content (AvgIpc) is 2.80. The summed E-state index contributed by atoms with van der Waals surface area (Å²) in [6.45, 7) is 4.03. The lowest BCUT2D eigenvalue weighted by molar-refractivity contribution is -0.384. The number of nitro groups is 1. The maximum absolute atomic E-state index is 12.3. The first kappa shape index (κ1) is 23.3. The van der Waals surface area contributed by atoms with Gasteiger partial charge in [-0.25, -0.2) is 0 Å². The van der Waals surface area contributed by atoms with Crippen molar-refractivity contribution in [2.45, 2.75) is 13.8 Å². The Morgan fingerprint density at radius 1 is 1.06 bits per heavy atom. The van der Waals surface area contributed by atoms with Crippen LogP contribution in [0.5, 0.6) is 11.5 Å². The Hall–Kier alpha value is -4.40.